The van der Waals surface area contributed by atoms with E-state index in [-0.39, 0.29) is 11.5 Å². The molecule has 0 heterocycles. The van der Waals surface area contributed by atoms with Gasteiger partial charge in [-0.1, -0.05) is 36.4 Å². The summed E-state index contributed by atoms with van der Waals surface area (Å²) in [7, 11) is -4.27. The first-order chi connectivity index (χ1) is 10.5. The van der Waals surface area contributed by atoms with Gasteiger partial charge < -0.3 is 14.4 Å². The van der Waals surface area contributed by atoms with Crippen LogP contribution in [0.1, 0.15) is 0 Å². The van der Waals surface area contributed by atoms with Crippen molar-refractivity contribution in [3.8, 4) is 17.2 Å². The molecule has 3 aromatic rings. The average Bonchev–Trinajstić information content (AvgIpc) is 2.50. The van der Waals surface area contributed by atoms with Gasteiger partial charge in [0.2, 0.25) is 0 Å². The first-order valence-electron chi connectivity index (χ1n) is 6.41. The molecule has 2 N–H and O–H groups in total. The molecule has 3 rings (SSSR count). The fourth-order valence-corrected chi connectivity index (χ4v) is 3.20. The van der Waals surface area contributed by atoms with E-state index in [0.29, 0.717) is 5.39 Å². The van der Waals surface area contributed by atoms with Gasteiger partial charge in [0, 0.05) is 11.5 Å². The van der Waals surface area contributed by atoms with Crippen molar-refractivity contribution in [1.29, 1.82) is 0 Å². The Hall–Kier alpha value is -2.73. The summed E-state index contributed by atoms with van der Waals surface area (Å²) in [5.74, 6) is -0.614. The fraction of sp³-hybridized carbons (Fsp3) is 0. The Morgan fingerprint density at radius 3 is 2.41 bits per heavy atom. The lowest BCUT2D eigenvalue weighted by molar-refractivity contribution is 0.435. The third-order valence-corrected chi connectivity index (χ3v) is 4.43. The van der Waals surface area contributed by atoms with Crippen LogP contribution in [0.15, 0.2) is 65.6 Å². The van der Waals surface area contributed by atoms with Gasteiger partial charge in [0.25, 0.3) is 0 Å². The standard InChI is InChI=1S/C16H12O5S/c17-12-8-9-14(18)16(10-12)22(19,20)21-15-7-3-5-11-4-1-2-6-13(11)15/h1-10,17-18H. The zero-order valence-electron chi connectivity index (χ0n) is 11.3. The van der Waals surface area contributed by atoms with E-state index in [0.717, 1.165) is 17.5 Å². The number of rotatable bonds is 3. The second-order valence-electron chi connectivity index (χ2n) is 4.67. The minimum atomic E-state index is -4.27. The summed E-state index contributed by atoms with van der Waals surface area (Å²) in [4.78, 5) is -0.486. The molecular weight excluding hydrogens is 304 g/mol. The molecule has 0 saturated carbocycles. The van der Waals surface area contributed by atoms with E-state index in [1.807, 2.05) is 18.2 Å². The molecule has 0 aliphatic rings. The molecule has 0 radical (unpaired) electrons. The topological polar surface area (TPSA) is 83.8 Å². The second-order valence-corrected chi connectivity index (χ2v) is 6.18. The van der Waals surface area contributed by atoms with Gasteiger partial charge >= 0.3 is 10.1 Å². The lowest BCUT2D eigenvalue weighted by Gasteiger charge is -2.10. The maximum atomic E-state index is 12.3. The maximum absolute atomic E-state index is 12.3. The molecule has 0 aromatic heterocycles. The largest absolute Gasteiger partial charge is 0.508 e. The molecule has 0 unspecified atom stereocenters. The Bertz CT molecular complexity index is 942. The number of benzene rings is 3. The molecule has 0 fully saturated rings. The molecule has 0 atom stereocenters. The van der Waals surface area contributed by atoms with Crippen LogP contribution in [-0.4, -0.2) is 18.6 Å². The van der Waals surface area contributed by atoms with Gasteiger partial charge in [-0.05, 0) is 23.6 Å². The van der Waals surface area contributed by atoms with Gasteiger partial charge in [0.1, 0.15) is 11.5 Å². The Balaban J connectivity index is 2.09. The third-order valence-electron chi connectivity index (χ3n) is 3.16. The van der Waals surface area contributed by atoms with E-state index in [9.17, 15) is 18.6 Å². The summed E-state index contributed by atoms with van der Waals surface area (Å²) in [5.41, 5.74) is 0. The molecule has 3 aromatic carbocycles. The fourth-order valence-electron chi connectivity index (χ4n) is 2.13. The van der Waals surface area contributed by atoms with Crippen LogP contribution in [0.5, 0.6) is 17.2 Å². The lowest BCUT2D eigenvalue weighted by Crippen LogP contribution is -2.10. The highest BCUT2D eigenvalue weighted by Crippen LogP contribution is 2.32. The quantitative estimate of drug-likeness (QED) is 0.573. The third kappa shape index (κ3) is 2.56. The van der Waals surface area contributed by atoms with Gasteiger partial charge in [-0.25, -0.2) is 0 Å². The van der Waals surface area contributed by atoms with E-state index in [2.05, 4.69) is 0 Å². The molecule has 0 aliphatic heterocycles. The number of hydrogen-bond donors (Lipinski definition) is 2. The Morgan fingerprint density at radius 1 is 0.864 bits per heavy atom. The molecule has 0 bridgehead atoms. The molecule has 0 spiro atoms. The van der Waals surface area contributed by atoms with Gasteiger partial charge in [-0.15, -0.1) is 0 Å². The van der Waals surface area contributed by atoms with Crippen LogP contribution in [0.4, 0.5) is 0 Å². The highest BCUT2D eigenvalue weighted by atomic mass is 32.2. The SMILES string of the molecule is O=S(=O)(Oc1cccc2ccccc12)c1cc(O)ccc1O. The Morgan fingerprint density at radius 2 is 1.59 bits per heavy atom. The summed E-state index contributed by atoms with van der Waals surface area (Å²) in [5, 5.41) is 20.6. The molecule has 6 heteroatoms. The van der Waals surface area contributed by atoms with Crippen LogP contribution in [0, 0.1) is 0 Å². The summed E-state index contributed by atoms with van der Waals surface area (Å²) in [6.07, 6.45) is 0. The van der Waals surface area contributed by atoms with Crippen LogP contribution < -0.4 is 4.18 Å². The van der Waals surface area contributed by atoms with Crippen molar-refractivity contribution in [2.75, 3.05) is 0 Å². The predicted octanol–water partition coefficient (Wildman–Crippen LogP) is 3.02. The zero-order chi connectivity index (χ0) is 15.7. The normalized spacial score (nSPS) is 11.5. The smallest absolute Gasteiger partial charge is 0.343 e. The van der Waals surface area contributed by atoms with E-state index in [1.165, 1.54) is 12.1 Å². The lowest BCUT2D eigenvalue weighted by atomic mass is 10.1. The number of phenols is 2. The minimum Gasteiger partial charge on any atom is -0.508 e. The van der Waals surface area contributed by atoms with Crippen LogP contribution in [0.25, 0.3) is 10.8 Å². The van der Waals surface area contributed by atoms with Crippen LogP contribution in [-0.2, 0) is 10.1 Å². The van der Waals surface area contributed by atoms with Crippen molar-refractivity contribution < 1.29 is 22.8 Å². The first kappa shape index (κ1) is 14.2. The van der Waals surface area contributed by atoms with Crippen molar-refractivity contribution in [1.82, 2.24) is 0 Å². The van der Waals surface area contributed by atoms with E-state index >= 15 is 0 Å². The minimum absolute atomic E-state index is 0.154. The summed E-state index contributed by atoms with van der Waals surface area (Å²) >= 11 is 0. The summed E-state index contributed by atoms with van der Waals surface area (Å²) in [6.45, 7) is 0. The molecule has 0 aliphatic carbocycles. The van der Waals surface area contributed by atoms with E-state index < -0.39 is 20.8 Å². The summed E-state index contributed by atoms with van der Waals surface area (Å²) < 4.78 is 29.8. The molecular formula is C16H12O5S. The Labute approximate surface area is 127 Å². The predicted molar refractivity (Wildman–Crippen MR) is 81.5 cm³/mol. The number of hydrogen-bond acceptors (Lipinski definition) is 5. The monoisotopic (exact) mass is 316 g/mol. The second kappa shape index (κ2) is 5.23. The van der Waals surface area contributed by atoms with Crippen molar-refractivity contribution in [2.45, 2.75) is 4.90 Å². The highest BCUT2D eigenvalue weighted by Gasteiger charge is 2.22. The first-order valence-corrected chi connectivity index (χ1v) is 7.82. The number of fused-ring (bicyclic) bond motifs is 1. The molecule has 0 saturated heterocycles. The molecule has 5 nitrogen and oxygen atoms in total. The van der Waals surface area contributed by atoms with Gasteiger partial charge in [-0.3, -0.25) is 0 Å². The van der Waals surface area contributed by atoms with Crippen LogP contribution >= 0.6 is 0 Å². The number of phenolic OH excluding ortho intramolecular Hbond substituents is 2. The van der Waals surface area contributed by atoms with Crippen molar-refractivity contribution >= 4 is 20.9 Å². The Kier molecular flexibility index (Phi) is 3.38. The van der Waals surface area contributed by atoms with Crippen LogP contribution in [0.3, 0.4) is 0 Å². The van der Waals surface area contributed by atoms with Crippen molar-refractivity contribution in [3.63, 3.8) is 0 Å². The highest BCUT2D eigenvalue weighted by molar-refractivity contribution is 7.87. The van der Waals surface area contributed by atoms with Crippen molar-refractivity contribution in [3.05, 3.63) is 60.7 Å². The molecule has 112 valence electrons. The average molecular weight is 316 g/mol. The summed E-state index contributed by atoms with van der Waals surface area (Å²) in [6, 6.07) is 15.4. The van der Waals surface area contributed by atoms with E-state index in [1.54, 1.807) is 18.2 Å². The van der Waals surface area contributed by atoms with Gasteiger partial charge in [0.05, 0.1) is 0 Å². The van der Waals surface area contributed by atoms with E-state index in [4.69, 9.17) is 4.18 Å². The van der Waals surface area contributed by atoms with Gasteiger partial charge in [-0.2, -0.15) is 8.42 Å². The molecule has 0 amide bonds. The number of aromatic hydroxyl groups is 2. The van der Waals surface area contributed by atoms with Gasteiger partial charge in [0.15, 0.2) is 10.6 Å². The van der Waals surface area contributed by atoms with Crippen molar-refractivity contribution in [2.24, 2.45) is 0 Å². The zero-order valence-corrected chi connectivity index (χ0v) is 12.1. The van der Waals surface area contributed by atoms with Crippen LogP contribution in [0.2, 0.25) is 0 Å². The maximum Gasteiger partial charge on any atom is 0.343 e. The molecule has 22 heavy (non-hydrogen) atoms.